The molecule has 174 valence electrons. The van der Waals surface area contributed by atoms with Crippen molar-refractivity contribution in [1.29, 1.82) is 0 Å². The lowest BCUT2D eigenvalue weighted by Gasteiger charge is -2.57. The number of rotatable bonds is 3. The molecule has 0 aliphatic heterocycles. The quantitative estimate of drug-likeness (QED) is 0.307. The smallest absolute Gasteiger partial charge is 0.287 e. The number of thiocarbonyl (C=S) groups is 1. The van der Waals surface area contributed by atoms with Gasteiger partial charge in [-0.2, -0.15) is 0 Å². The Balaban J connectivity index is 1.31. The molecule has 7 rings (SSSR count). The van der Waals surface area contributed by atoms with E-state index in [9.17, 15) is 4.79 Å². The van der Waals surface area contributed by atoms with Gasteiger partial charge in [0.2, 0.25) is 0 Å². The zero-order valence-electron chi connectivity index (χ0n) is 18.6. The van der Waals surface area contributed by atoms with Gasteiger partial charge in [-0.05, 0) is 85.5 Å². The minimum atomic E-state index is -0.322. The summed E-state index contributed by atoms with van der Waals surface area (Å²) in [7, 11) is 0. The van der Waals surface area contributed by atoms with Gasteiger partial charge < -0.3 is 0 Å². The number of carbonyl (C=O) groups is 1. The molecule has 7 heteroatoms. The van der Waals surface area contributed by atoms with E-state index in [1.165, 1.54) is 49.5 Å². The second kappa shape index (κ2) is 8.47. The summed E-state index contributed by atoms with van der Waals surface area (Å²) in [6, 6.07) is 15.5. The van der Waals surface area contributed by atoms with Crippen LogP contribution in [0.1, 0.15) is 60.1 Å². The lowest BCUT2D eigenvalue weighted by atomic mass is 9.48. The fourth-order valence-corrected chi connectivity index (χ4v) is 7.77. The van der Waals surface area contributed by atoms with Crippen LogP contribution in [0.2, 0.25) is 10.0 Å². The summed E-state index contributed by atoms with van der Waals surface area (Å²) in [5.74, 6) is 2.13. The van der Waals surface area contributed by atoms with E-state index in [2.05, 4.69) is 23.0 Å². The highest BCUT2D eigenvalue weighted by molar-refractivity contribution is 7.80. The third-order valence-electron chi connectivity index (χ3n) is 8.04. The molecule has 0 atom stereocenters. The number of fused-ring (bicyclic) bond motifs is 1. The van der Waals surface area contributed by atoms with E-state index >= 15 is 0 Å². The summed E-state index contributed by atoms with van der Waals surface area (Å²) in [5.41, 5.74) is 8.81. The predicted octanol–water partition coefficient (Wildman–Crippen LogP) is 6.62. The van der Waals surface area contributed by atoms with Gasteiger partial charge in [-0.3, -0.25) is 15.6 Å². The van der Waals surface area contributed by atoms with Gasteiger partial charge in [-0.15, -0.1) is 0 Å². The highest BCUT2D eigenvalue weighted by Gasteiger charge is 2.52. The van der Waals surface area contributed by atoms with Gasteiger partial charge in [0.05, 0.1) is 15.6 Å². The molecule has 0 unspecified atom stereocenters. The van der Waals surface area contributed by atoms with Crippen LogP contribution in [0.5, 0.6) is 0 Å². The van der Waals surface area contributed by atoms with Crippen LogP contribution in [-0.4, -0.2) is 15.9 Å². The van der Waals surface area contributed by atoms with Crippen molar-refractivity contribution in [3.05, 3.63) is 75.4 Å². The molecular weight excluding hydrogens is 485 g/mol. The molecule has 4 bridgehead atoms. The number of nitrogens with one attached hydrogen (secondary N) is 2. The van der Waals surface area contributed by atoms with Gasteiger partial charge in [0, 0.05) is 10.9 Å². The highest BCUT2D eigenvalue weighted by Crippen LogP contribution is 2.61. The SMILES string of the molecule is O=C(NNC(=S)c1cccc(Cl)c1Cl)c1cc(C23CC4CC(CC(C4)C2)C3)c2ccccc2n1. The summed E-state index contributed by atoms with van der Waals surface area (Å²) >= 11 is 17.8. The molecule has 0 spiro atoms. The molecule has 4 fully saturated rings. The van der Waals surface area contributed by atoms with Gasteiger partial charge in [0.15, 0.2) is 0 Å². The number of hydrogen-bond acceptors (Lipinski definition) is 3. The maximum Gasteiger partial charge on any atom is 0.288 e. The van der Waals surface area contributed by atoms with Crippen molar-refractivity contribution in [3.8, 4) is 0 Å². The van der Waals surface area contributed by atoms with Crippen molar-refractivity contribution in [1.82, 2.24) is 15.8 Å². The van der Waals surface area contributed by atoms with Gasteiger partial charge in [0.1, 0.15) is 10.7 Å². The third-order valence-corrected chi connectivity index (χ3v) is 9.19. The molecule has 1 heterocycles. The van der Waals surface area contributed by atoms with Crippen LogP contribution in [0.15, 0.2) is 48.5 Å². The summed E-state index contributed by atoms with van der Waals surface area (Å²) in [5, 5.41) is 1.94. The molecule has 4 aliphatic rings. The first kappa shape index (κ1) is 22.3. The number of carbonyl (C=O) groups excluding carboxylic acids is 1. The first-order chi connectivity index (χ1) is 16.4. The van der Waals surface area contributed by atoms with Crippen LogP contribution in [0.4, 0.5) is 0 Å². The average molecular weight is 510 g/mol. The monoisotopic (exact) mass is 509 g/mol. The fourth-order valence-electron chi connectivity index (χ4n) is 7.10. The average Bonchev–Trinajstić information content (AvgIpc) is 2.82. The van der Waals surface area contributed by atoms with Gasteiger partial charge in [0.25, 0.3) is 5.91 Å². The van der Waals surface area contributed by atoms with Crippen LogP contribution in [0.3, 0.4) is 0 Å². The minimum Gasteiger partial charge on any atom is -0.287 e. The molecule has 4 saturated carbocycles. The first-order valence-corrected chi connectivity index (χ1v) is 13.0. The highest BCUT2D eigenvalue weighted by atomic mass is 35.5. The van der Waals surface area contributed by atoms with Crippen molar-refractivity contribution >= 4 is 57.2 Å². The van der Waals surface area contributed by atoms with Gasteiger partial charge >= 0.3 is 0 Å². The summed E-state index contributed by atoms with van der Waals surface area (Å²) in [4.78, 5) is 18.2. The second-order valence-electron chi connectivity index (χ2n) is 10.3. The van der Waals surface area contributed by atoms with Gasteiger partial charge in [-0.1, -0.05) is 65.8 Å². The van der Waals surface area contributed by atoms with E-state index in [4.69, 9.17) is 40.4 Å². The Morgan fingerprint density at radius 2 is 1.62 bits per heavy atom. The lowest BCUT2D eigenvalue weighted by molar-refractivity contribution is -0.00454. The Morgan fingerprint density at radius 3 is 2.32 bits per heavy atom. The standard InChI is InChI=1S/C27H25Cl2N3OS/c28-21-6-3-5-19(24(21)29)26(34)32-31-25(33)23-11-20(18-4-1-2-7-22(18)30-23)27-12-15-8-16(13-27)10-17(9-15)14-27/h1-7,11,15-17H,8-10,12-14H2,(H,31,33)(H,32,34). The van der Waals surface area contributed by atoms with Gasteiger partial charge in [-0.25, -0.2) is 4.98 Å². The number of para-hydroxylation sites is 1. The molecule has 1 aromatic heterocycles. The van der Waals surface area contributed by atoms with Crippen molar-refractivity contribution < 1.29 is 4.79 Å². The zero-order valence-corrected chi connectivity index (χ0v) is 20.9. The van der Waals surface area contributed by atoms with Crippen molar-refractivity contribution in [2.75, 3.05) is 0 Å². The van der Waals surface area contributed by atoms with Crippen LogP contribution in [-0.2, 0) is 5.41 Å². The van der Waals surface area contributed by atoms with Crippen LogP contribution < -0.4 is 10.9 Å². The number of pyridine rings is 1. The molecule has 34 heavy (non-hydrogen) atoms. The van der Waals surface area contributed by atoms with Crippen molar-refractivity contribution in [3.63, 3.8) is 0 Å². The number of aromatic nitrogens is 1. The number of nitrogens with zero attached hydrogens (tertiary/aromatic N) is 1. The third kappa shape index (κ3) is 3.78. The lowest BCUT2D eigenvalue weighted by Crippen LogP contribution is -2.48. The molecule has 2 N–H and O–H groups in total. The fraction of sp³-hybridized carbons (Fsp3) is 0.370. The van der Waals surface area contributed by atoms with E-state index < -0.39 is 0 Å². The second-order valence-corrected chi connectivity index (χ2v) is 11.5. The van der Waals surface area contributed by atoms with Crippen LogP contribution in [0, 0.1) is 17.8 Å². The Labute approximate surface area is 214 Å². The predicted molar refractivity (Wildman–Crippen MR) is 140 cm³/mol. The topological polar surface area (TPSA) is 54.0 Å². The Hall–Kier alpha value is -2.21. The number of hydrazine groups is 1. The Bertz CT molecular complexity index is 1290. The number of halogens is 2. The van der Waals surface area contributed by atoms with E-state index in [1.54, 1.807) is 18.2 Å². The minimum absolute atomic E-state index is 0.156. The maximum absolute atomic E-state index is 13.2. The molecule has 0 saturated heterocycles. The Morgan fingerprint density at radius 1 is 0.941 bits per heavy atom. The Kier molecular flexibility index (Phi) is 5.55. The van der Waals surface area contributed by atoms with Crippen LogP contribution >= 0.6 is 35.4 Å². The van der Waals surface area contributed by atoms with Crippen molar-refractivity contribution in [2.24, 2.45) is 17.8 Å². The molecule has 4 aliphatic carbocycles. The van der Waals surface area contributed by atoms with E-state index in [1.807, 2.05) is 18.2 Å². The molecule has 4 nitrogen and oxygen atoms in total. The summed E-state index contributed by atoms with van der Waals surface area (Å²) in [6.45, 7) is 0. The van der Waals surface area contributed by atoms with E-state index in [0.29, 0.717) is 26.3 Å². The summed E-state index contributed by atoms with van der Waals surface area (Å²) < 4.78 is 0. The van der Waals surface area contributed by atoms with E-state index in [0.717, 1.165) is 23.3 Å². The largest absolute Gasteiger partial charge is 0.288 e. The summed E-state index contributed by atoms with van der Waals surface area (Å²) in [6.07, 6.45) is 7.81. The van der Waals surface area contributed by atoms with E-state index in [-0.39, 0.29) is 11.3 Å². The van der Waals surface area contributed by atoms with Crippen LogP contribution in [0.25, 0.3) is 10.9 Å². The van der Waals surface area contributed by atoms with Crippen molar-refractivity contribution in [2.45, 2.75) is 43.9 Å². The molecule has 0 radical (unpaired) electrons. The number of benzene rings is 2. The molecule has 3 aromatic rings. The number of hydrogen-bond donors (Lipinski definition) is 2. The molecule has 1 amide bonds. The normalized spacial score (nSPS) is 27.1. The maximum atomic E-state index is 13.2. The first-order valence-electron chi connectivity index (χ1n) is 11.9. The molecular formula is C27H25Cl2N3OS. The number of amides is 1. The zero-order chi connectivity index (χ0) is 23.4. The molecule has 2 aromatic carbocycles.